The van der Waals surface area contributed by atoms with E-state index >= 15 is 0 Å². The first-order valence-electron chi connectivity index (χ1n) is 18.2. The zero-order chi connectivity index (χ0) is 36.4. The van der Waals surface area contributed by atoms with E-state index in [0.29, 0.717) is 0 Å². The van der Waals surface area contributed by atoms with Crippen molar-refractivity contribution in [2.45, 2.75) is 12.8 Å². The van der Waals surface area contributed by atoms with E-state index in [1.54, 1.807) is 0 Å². The molecule has 0 heterocycles. The van der Waals surface area contributed by atoms with E-state index in [4.69, 9.17) is 0 Å². The Hall–Kier alpha value is -6.70. The molecule has 0 N–H and O–H groups in total. The lowest BCUT2D eigenvalue weighted by molar-refractivity contribution is 1.08. The lowest BCUT2D eigenvalue weighted by Crippen LogP contribution is -2.09. The van der Waals surface area contributed by atoms with Crippen molar-refractivity contribution in [1.82, 2.24) is 0 Å². The minimum atomic E-state index is 0.832. The summed E-state index contributed by atoms with van der Waals surface area (Å²) in [6.07, 6.45) is 11.9. The van der Waals surface area contributed by atoms with Crippen LogP contribution >= 0.6 is 0 Å². The van der Waals surface area contributed by atoms with E-state index < -0.39 is 0 Å². The van der Waals surface area contributed by atoms with Crippen LogP contribution in [0.4, 0.5) is 11.4 Å². The first kappa shape index (κ1) is 34.7. The van der Waals surface area contributed by atoms with Gasteiger partial charge in [0.05, 0.1) is 5.69 Å². The summed E-state index contributed by atoms with van der Waals surface area (Å²) < 4.78 is 0. The van der Waals surface area contributed by atoms with Gasteiger partial charge in [0, 0.05) is 17.3 Å². The fourth-order valence-corrected chi connectivity index (χ4v) is 6.83. The Kier molecular flexibility index (Phi) is 10.8. The average molecular weight is 682 g/mol. The maximum absolute atomic E-state index is 4.60. The van der Waals surface area contributed by atoms with Crippen molar-refractivity contribution >= 4 is 33.3 Å². The average Bonchev–Trinajstić information content (AvgIpc) is 3.23. The maximum Gasteiger partial charge on any atom is 0.0533 e. The van der Waals surface area contributed by atoms with Crippen molar-refractivity contribution in [3.63, 3.8) is 0 Å². The van der Waals surface area contributed by atoms with Gasteiger partial charge in [-0.05, 0) is 98.2 Å². The molecule has 53 heavy (non-hydrogen) atoms. The fourth-order valence-electron chi connectivity index (χ4n) is 6.83. The van der Waals surface area contributed by atoms with Crippen LogP contribution in [0.3, 0.4) is 0 Å². The molecule has 1 heteroatoms. The van der Waals surface area contributed by atoms with Gasteiger partial charge >= 0.3 is 0 Å². The molecule has 0 unspecified atom stereocenters. The SMILES string of the molecule is C=CCCC(=C)c1cc(N(/C=C/C=C(\C=C)c2ccccc2)c2cccc3ccccc23)ccc1-c1ccc(-c2ccc(-c3ccccc3)cc2)cc1. The zero-order valence-corrected chi connectivity index (χ0v) is 30.0. The molecule has 0 aliphatic heterocycles. The third-order valence-corrected chi connectivity index (χ3v) is 9.70. The number of rotatable bonds is 13. The quantitative estimate of drug-likeness (QED) is 0.0865. The van der Waals surface area contributed by atoms with Crippen molar-refractivity contribution < 1.29 is 0 Å². The van der Waals surface area contributed by atoms with Crippen LogP contribution in [0.5, 0.6) is 0 Å². The first-order valence-corrected chi connectivity index (χ1v) is 18.2. The van der Waals surface area contributed by atoms with Crippen molar-refractivity contribution in [3.05, 3.63) is 231 Å². The van der Waals surface area contributed by atoms with Gasteiger partial charge in [0.2, 0.25) is 0 Å². The standard InChI is InChI=1S/C52H43N/c1-4-6-17-39(3)51-38-48(35-36-49(51)47-33-31-45(32-34-47)44-29-27-43(28-30-44)42-20-11-8-12-21-42)53(52-26-15-23-46-22-13-14-25-50(46)52)37-16-24-40(5-2)41-18-9-7-10-19-41/h4-5,7-16,18-38H,1-3,6,17H2/b37-16+,40-24+. The van der Waals surface area contributed by atoms with Crippen molar-refractivity contribution in [3.8, 4) is 33.4 Å². The second-order valence-corrected chi connectivity index (χ2v) is 13.1. The van der Waals surface area contributed by atoms with Crippen LogP contribution < -0.4 is 4.90 Å². The summed E-state index contributed by atoms with van der Waals surface area (Å²) in [5.41, 5.74) is 13.7. The number of nitrogens with zero attached hydrogens (tertiary/aromatic N) is 1. The van der Waals surface area contributed by atoms with E-state index in [-0.39, 0.29) is 0 Å². The molecular weight excluding hydrogens is 639 g/mol. The van der Waals surface area contributed by atoms with E-state index in [1.807, 2.05) is 18.2 Å². The number of allylic oxidation sites excluding steroid dienone is 6. The molecule has 0 atom stereocenters. The Balaban J connectivity index is 1.27. The normalized spacial score (nSPS) is 11.4. The van der Waals surface area contributed by atoms with Crippen molar-refractivity contribution in [1.29, 1.82) is 0 Å². The number of benzene rings is 7. The molecule has 0 bridgehead atoms. The molecule has 0 fully saturated rings. The molecule has 7 aromatic rings. The van der Waals surface area contributed by atoms with Crippen LogP contribution in [0, 0.1) is 0 Å². The molecule has 0 amide bonds. The Morgan fingerprint density at radius 2 is 1.15 bits per heavy atom. The van der Waals surface area contributed by atoms with Gasteiger partial charge in [0.15, 0.2) is 0 Å². The Labute approximate surface area is 314 Å². The highest BCUT2D eigenvalue weighted by atomic mass is 15.1. The number of anilines is 2. The zero-order valence-electron chi connectivity index (χ0n) is 30.0. The van der Waals surface area contributed by atoms with Gasteiger partial charge in [-0.2, -0.15) is 0 Å². The fraction of sp³-hybridized carbons (Fsp3) is 0.0385. The van der Waals surface area contributed by atoms with Crippen LogP contribution in [0.25, 0.3) is 55.3 Å². The molecule has 0 aromatic heterocycles. The molecule has 1 nitrogen and oxygen atoms in total. The predicted octanol–water partition coefficient (Wildman–Crippen LogP) is 14.7. The van der Waals surface area contributed by atoms with Gasteiger partial charge in [-0.25, -0.2) is 0 Å². The van der Waals surface area contributed by atoms with Crippen molar-refractivity contribution in [2.24, 2.45) is 0 Å². The van der Waals surface area contributed by atoms with Gasteiger partial charge < -0.3 is 4.90 Å². The number of hydrogen-bond donors (Lipinski definition) is 0. The molecule has 7 rings (SSSR count). The van der Waals surface area contributed by atoms with E-state index in [1.165, 1.54) is 33.0 Å². The maximum atomic E-state index is 4.60. The monoisotopic (exact) mass is 681 g/mol. The minimum absolute atomic E-state index is 0.832. The molecule has 256 valence electrons. The third-order valence-electron chi connectivity index (χ3n) is 9.70. The van der Waals surface area contributed by atoms with Crippen molar-refractivity contribution in [2.75, 3.05) is 4.90 Å². The molecule has 7 aromatic carbocycles. The van der Waals surface area contributed by atoms with Gasteiger partial charge in [0.1, 0.15) is 0 Å². The molecule has 0 aliphatic rings. The van der Waals surface area contributed by atoms with Gasteiger partial charge in [0.25, 0.3) is 0 Å². The molecule has 0 radical (unpaired) electrons. The highest BCUT2D eigenvalue weighted by Gasteiger charge is 2.15. The molecule has 0 saturated heterocycles. The first-order chi connectivity index (χ1) is 26.1. The van der Waals surface area contributed by atoms with Crippen LogP contribution in [0.15, 0.2) is 220 Å². The lowest BCUT2D eigenvalue weighted by Gasteiger charge is -2.25. The lowest BCUT2D eigenvalue weighted by atomic mass is 9.91. The summed E-state index contributed by atoms with van der Waals surface area (Å²) in [4.78, 5) is 2.28. The Bertz CT molecular complexity index is 2410. The summed E-state index contributed by atoms with van der Waals surface area (Å²) in [5.74, 6) is 0. The van der Waals surface area contributed by atoms with Crippen LogP contribution in [-0.4, -0.2) is 0 Å². The van der Waals surface area contributed by atoms with Crippen LogP contribution in [-0.2, 0) is 0 Å². The Morgan fingerprint density at radius 1 is 0.566 bits per heavy atom. The number of fused-ring (bicyclic) bond motifs is 1. The van der Waals surface area contributed by atoms with Gasteiger partial charge in [-0.15, -0.1) is 6.58 Å². The van der Waals surface area contributed by atoms with E-state index in [0.717, 1.165) is 57.6 Å². The minimum Gasteiger partial charge on any atom is -0.317 e. The summed E-state index contributed by atoms with van der Waals surface area (Å²) in [5, 5.41) is 2.37. The predicted molar refractivity (Wildman–Crippen MR) is 231 cm³/mol. The third kappa shape index (κ3) is 7.96. The Morgan fingerprint density at radius 3 is 1.81 bits per heavy atom. The highest BCUT2D eigenvalue weighted by molar-refractivity contribution is 5.97. The van der Waals surface area contributed by atoms with E-state index in [9.17, 15) is 0 Å². The summed E-state index contributed by atoms with van der Waals surface area (Å²) in [7, 11) is 0. The van der Waals surface area contributed by atoms with E-state index in [2.05, 4.69) is 207 Å². The second-order valence-electron chi connectivity index (χ2n) is 13.1. The topological polar surface area (TPSA) is 3.24 Å². The van der Waals surface area contributed by atoms with Gasteiger partial charge in [-0.3, -0.25) is 0 Å². The largest absolute Gasteiger partial charge is 0.317 e. The number of hydrogen-bond acceptors (Lipinski definition) is 1. The summed E-state index contributed by atoms with van der Waals surface area (Å²) in [6, 6.07) is 60.4. The molecule has 0 aliphatic carbocycles. The second kappa shape index (κ2) is 16.5. The molecular formula is C52H43N. The summed E-state index contributed by atoms with van der Waals surface area (Å²) in [6.45, 7) is 12.7. The molecule has 0 spiro atoms. The van der Waals surface area contributed by atoms with Crippen LogP contribution in [0.2, 0.25) is 0 Å². The summed E-state index contributed by atoms with van der Waals surface area (Å²) >= 11 is 0. The van der Waals surface area contributed by atoms with Crippen LogP contribution in [0.1, 0.15) is 24.0 Å². The highest BCUT2D eigenvalue weighted by Crippen LogP contribution is 2.39. The van der Waals surface area contributed by atoms with Gasteiger partial charge in [-0.1, -0.05) is 183 Å². The smallest absolute Gasteiger partial charge is 0.0533 e. The molecule has 0 saturated carbocycles.